The lowest BCUT2D eigenvalue weighted by molar-refractivity contribution is 0.134. The van der Waals surface area contributed by atoms with Crippen molar-refractivity contribution in [1.29, 1.82) is 0 Å². The predicted molar refractivity (Wildman–Crippen MR) is 84.2 cm³/mol. The van der Waals surface area contributed by atoms with Gasteiger partial charge in [-0.3, -0.25) is 0 Å². The lowest BCUT2D eigenvalue weighted by Crippen LogP contribution is -2.11. The summed E-state index contributed by atoms with van der Waals surface area (Å²) >= 11 is 8.41. The van der Waals surface area contributed by atoms with Crippen molar-refractivity contribution in [3.8, 4) is 0 Å². The minimum absolute atomic E-state index is 0.404. The van der Waals surface area contributed by atoms with Gasteiger partial charge in [0.1, 0.15) is 4.99 Å². The second kappa shape index (κ2) is 8.45. The fraction of sp³-hybridized carbons (Fsp3) is 0.462. The molecule has 0 aliphatic heterocycles. The average molecular weight is 331 g/mol. The first-order valence-corrected chi connectivity index (χ1v) is 7.26. The molecular formula is C13H19BrN2OS. The van der Waals surface area contributed by atoms with Crippen LogP contribution in [0.5, 0.6) is 0 Å². The summed E-state index contributed by atoms with van der Waals surface area (Å²) in [5.74, 6) is 0. The van der Waals surface area contributed by atoms with E-state index in [1.165, 1.54) is 0 Å². The Morgan fingerprint density at radius 3 is 2.83 bits per heavy atom. The van der Waals surface area contributed by atoms with Gasteiger partial charge in [0.25, 0.3) is 0 Å². The van der Waals surface area contributed by atoms with Gasteiger partial charge in [-0.2, -0.15) is 0 Å². The molecular weight excluding hydrogens is 312 g/mol. The van der Waals surface area contributed by atoms with E-state index in [4.69, 9.17) is 22.7 Å². The summed E-state index contributed by atoms with van der Waals surface area (Å²) < 4.78 is 6.33. The summed E-state index contributed by atoms with van der Waals surface area (Å²) in [6.07, 6.45) is 2.06. The van der Waals surface area contributed by atoms with Crippen LogP contribution >= 0.6 is 28.1 Å². The van der Waals surface area contributed by atoms with Crippen LogP contribution in [0.4, 0.5) is 5.69 Å². The van der Waals surface area contributed by atoms with Gasteiger partial charge in [0.15, 0.2) is 0 Å². The van der Waals surface area contributed by atoms with Crippen LogP contribution in [0.3, 0.4) is 0 Å². The van der Waals surface area contributed by atoms with Crippen LogP contribution in [0, 0.1) is 0 Å². The number of nitrogens with two attached hydrogens (primary N) is 1. The molecule has 1 aromatic rings. The first-order valence-electron chi connectivity index (χ1n) is 6.06. The van der Waals surface area contributed by atoms with Gasteiger partial charge in [-0.1, -0.05) is 19.1 Å². The minimum atomic E-state index is 0.404. The SMILES string of the molecule is CCCOCCCNc1ccc(C(N)=S)c(Br)c1. The van der Waals surface area contributed by atoms with Gasteiger partial charge in [-0.05, 0) is 47.0 Å². The lowest BCUT2D eigenvalue weighted by Gasteiger charge is -2.09. The minimum Gasteiger partial charge on any atom is -0.389 e. The van der Waals surface area contributed by atoms with Crippen molar-refractivity contribution in [3.05, 3.63) is 28.2 Å². The molecule has 0 amide bonds. The zero-order chi connectivity index (χ0) is 13.4. The van der Waals surface area contributed by atoms with Crippen LogP contribution < -0.4 is 11.1 Å². The third-order valence-corrected chi connectivity index (χ3v) is 3.25. The van der Waals surface area contributed by atoms with Crippen LogP contribution in [0.25, 0.3) is 0 Å². The first kappa shape index (κ1) is 15.4. The Balaban J connectivity index is 2.35. The summed E-state index contributed by atoms with van der Waals surface area (Å²) in [6, 6.07) is 5.88. The Hall–Kier alpha value is -0.650. The Bertz CT molecular complexity index is 399. The van der Waals surface area contributed by atoms with E-state index < -0.39 is 0 Å². The number of halogens is 1. The van der Waals surface area contributed by atoms with Crippen LogP contribution in [-0.2, 0) is 4.74 Å². The van der Waals surface area contributed by atoms with Crippen molar-refractivity contribution >= 4 is 38.8 Å². The van der Waals surface area contributed by atoms with E-state index in [1.807, 2.05) is 18.2 Å². The summed E-state index contributed by atoms with van der Waals surface area (Å²) in [6.45, 7) is 4.64. The molecule has 18 heavy (non-hydrogen) atoms. The fourth-order valence-electron chi connectivity index (χ4n) is 1.48. The zero-order valence-corrected chi connectivity index (χ0v) is 12.9. The molecule has 0 fully saturated rings. The van der Waals surface area contributed by atoms with E-state index in [1.54, 1.807) is 0 Å². The summed E-state index contributed by atoms with van der Waals surface area (Å²) in [4.78, 5) is 0.404. The zero-order valence-electron chi connectivity index (χ0n) is 10.5. The van der Waals surface area contributed by atoms with E-state index in [2.05, 4.69) is 28.2 Å². The van der Waals surface area contributed by atoms with Gasteiger partial charge in [0, 0.05) is 35.5 Å². The largest absolute Gasteiger partial charge is 0.389 e. The topological polar surface area (TPSA) is 47.3 Å². The highest BCUT2D eigenvalue weighted by Crippen LogP contribution is 2.21. The van der Waals surface area contributed by atoms with Gasteiger partial charge in [0.05, 0.1) is 0 Å². The predicted octanol–water partition coefficient (Wildman–Crippen LogP) is 3.31. The maximum atomic E-state index is 5.60. The number of ether oxygens (including phenoxy) is 1. The molecule has 0 bridgehead atoms. The summed E-state index contributed by atoms with van der Waals surface area (Å²) in [5.41, 5.74) is 7.51. The fourth-order valence-corrected chi connectivity index (χ4v) is 2.38. The molecule has 0 aliphatic rings. The maximum Gasteiger partial charge on any atom is 0.105 e. The van der Waals surface area contributed by atoms with Gasteiger partial charge in [0.2, 0.25) is 0 Å². The lowest BCUT2D eigenvalue weighted by atomic mass is 10.2. The third kappa shape index (κ3) is 5.33. The van der Waals surface area contributed by atoms with Crippen LogP contribution in [-0.4, -0.2) is 24.7 Å². The van der Waals surface area contributed by atoms with Gasteiger partial charge in [-0.15, -0.1) is 0 Å². The number of rotatable bonds is 8. The first-order chi connectivity index (χ1) is 8.65. The second-order valence-corrected chi connectivity index (χ2v) is 5.25. The molecule has 0 atom stereocenters. The molecule has 0 spiro atoms. The van der Waals surface area contributed by atoms with E-state index in [0.29, 0.717) is 4.99 Å². The van der Waals surface area contributed by atoms with Crippen molar-refractivity contribution in [2.24, 2.45) is 5.73 Å². The smallest absolute Gasteiger partial charge is 0.105 e. The average Bonchev–Trinajstić information content (AvgIpc) is 2.33. The quantitative estimate of drug-likeness (QED) is 0.567. The van der Waals surface area contributed by atoms with E-state index in [0.717, 1.165) is 48.3 Å². The van der Waals surface area contributed by atoms with Gasteiger partial charge >= 0.3 is 0 Å². The monoisotopic (exact) mass is 330 g/mol. The number of hydrogen-bond acceptors (Lipinski definition) is 3. The maximum absolute atomic E-state index is 5.60. The number of benzene rings is 1. The summed E-state index contributed by atoms with van der Waals surface area (Å²) in [7, 11) is 0. The molecule has 3 nitrogen and oxygen atoms in total. The van der Waals surface area contributed by atoms with E-state index >= 15 is 0 Å². The molecule has 0 unspecified atom stereocenters. The normalized spacial score (nSPS) is 10.3. The highest BCUT2D eigenvalue weighted by molar-refractivity contribution is 9.10. The third-order valence-electron chi connectivity index (χ3n) is 2.38. The second-order valence-electron chi connectivity index (χ2n) is 3.95. The van der Waals surface area contributed by atoms with Crippen molar-refractivity contribution in [3.63, 3.8) is 0 Å². The highest BCUT2D eigenvalue weighted by Gasteiger charge is 2.03. The number of anilines is 1. The molecule has 0 radical (unpaired) electrons. The van der Waals surface area contributed by atoms with Crippen LogP contribution in [0.2, 0.25) is 0 Å². The Morgan fingerprint density at radius 1 is 1.44 bits per heavy atom. The molecule has 1 aromatic carbocycles. The standard InChI is InChI=1S/C13H19BrN2OS/c1-2-7-17-8-3-6-16-10-4-5-11(13(15)18)12(14)9-10/h4-5,9,16H,2-3,6-8H2,1H3,(H2,15,18). The Kier molecular flexibility index (Phi) is 7.23. The molecule has 100 valence electrons. The molecule has 0 saturated carbocycles. The number of hydrogen-bond donors (Lipinski definition) is 2. The van der Waals surface area contributed by atoms with Crippen molar-refractivity contribution < 1.29 is 4.74 Å². The molecule has 5 heteroatoms. The Labute approximate surface area is 122 Å². The van der Waals surface area contributed by atoms with Gasteiger partial charge < -0.3 is 15.8 Å². The molecule has 1 rings (SSSR count). The number of thiocarbonyl (C=S) groups is 1. The molecule has 0 heterocycles. The van der Waals surface area contributed by atoms with Crippen LogP contribution in [0.15, 0.2) is 22.7 Å². The van der Waals surface area contributed by atoms with Crippen molar-refractivity contribution in [1.82, 2.24) is 0 Å². The summed E-state index contributed by atoms with van der Waals surface area (Å²) in [5, 5.41) is 3.33. The van der Waals surface area contributed by atoms with Crippen LogP contribution in [0.1, 0.15) is 25.3 Å². The molecule has 0 aliphatic carbocycles. The molecule has 3 N–H and O–H groups in total. The van der Waals surface area contributed by atoms with E-state index in [9.17, 15) is 0 Å². The van der Waals surface area contributed by atoms with Gasteiger partial charge in [-0.25, -0.2) is 0 Å². The number of nitrogens with one attached hydrogen (secondary N) is 1. The molecule has 0 saturated heterocycles. The van der Waals surface area contributed by atoms with Crippen molar-refractivity contribution in [2.75, 3.05) is 25.1 Å². The van der Waals surface area contributed by atoms with Crippen molar-refractivity contribution in [2.45, 2.75) is 19.8 Å². The van der Waals surface area contributed by atoms with E-state index in [-0.39, 0.29) is 0 Å². The molecule has 0 aromatic heterocycles. The highest BCUT2D eigenvalue weighted by atomic mass is 79.9. The Morgan fingerprint density at radius 2 is 2.22 bits per heavy atom.